The molecular weight excluding hydrogens is 286 g/mol. The topological polar surface area (TPSA) is 76.1 Å². The molecule has 1 aromatic rings. The van der Waals surface area contributed by atoms with Crippen LogP contribution in [0.3, 0.4) is 0 Å². The number of nitrogens with zero attached hydrogens (tertiary/aromatic N) is 1. The van der Waals surface area contributed by atoms with Gasteiger partial charge in [-0.2, -0.15) is 0 Å². The van der Waals surface area contributed by atoms with E-state index in [1.54, 1.807) is 4.90 Å². The van der Waals surface area contributed by atoms with Gasteiger partial charge >= 0.3 is 5.97 Å². The number of carbonyl (C=O) groups is 2. The molecular formula is C16H19NO5. The fourth-order valence-corrected chi connectivity index (χ4v) is 2.90. The van der Waals surface area contributed by atoms with Gasteiger partial charge in [0.1, 0.15) is 5.75 Å². The van der Waals surface area contributed by atoms with Gasteiger partial charge in [-0.05, 0) is 17.2 Å². The summed E-state index contributed by atoms with van der Waals surface area (Å²) in [7, 11) is 0. The van der Waals surface area contributed by atoms with E-state index in [4.69, 9.17) is 14.6 Å². The third kappa shape index (κ3) is 3.39. The van der Waals surface area contributed by atoms with E-state index in [0.29, 0.717) is 32.7 Å². The van der Waals surface area contributed by atoms with Crippen molar-refractivity contribution in [3.63, 3.8) is 0 Å². The minimum atomic E-state index is -0.905. The monoisotopic (exact) mass is 305 g/mol. The first-order valence-electron chi connectivity index (χ1n) is 7.47. The van der Waals surface area contributed by atoms with E-state index in [0.717, 1.165) is 23.3 Å². The van der Waals surface area contributed by atoms with Gasteiger partial charge in [-0.15, -0.1) is 0 Å². The van der Waals surface area contributed by atoms with Crippen molar-refractivity contribution in [1.29, 1.82) is 0 Å². The second-order valence-electron chi connectivity index (χ2n) is 5.65. The fraction of sp³-hybridized carbons (Fsp3) is 0.500. The number of aliphatic carboxylic acids is 1. The summed E-state index contributed by atoms with van der Waals surface area (Å²) in [5.74, 6) is 0.0135. The Morgan fingerprint density at radius 2 is 2.18 bits per heavy atom. The van der Waals surface area contributed by atoms with Crippen LogP contribution in [0.1, 0.15) is 17.5 Å². The van der Waals surface area contributed by atoms with Crippen LogP contribution < -0.4 is 4.74 Å². The molecule has 0 saturated carbocycles. The smallest absolute Gasteiger partial charge is 0.306 e. The van der Waals surface area contributed by atoms with E-state index in [1.807, 2.05) is 18.2 Å². The highest BCUT2D eigenvalue weighted by molar-refractivity contribution is 5.79. The van der Waals surface area contributed by atoms with E-state index < -0.39 is 12.1 Å². The molecule has 0 aromatic heterocycles. The molecule has 1 fully saturated rings. The molecule has 6 heteroatoms. The normalized spacial score (nSPS) is 20.4. The summed E-state index contributed by atoms with van der Waals surface area (Å²) >= 11 is 0. The van der Waals surface area contributed by atoms with E-state index in [-0.39, 0.29) is 12.3 Å². The van der Waals surface area contributed by atoms with Gasteiger partial charge in [0.15, 0.2) is 0 Å². The fourth-order valence-electron chi connectivity index (χ4n) is 2.90. The summed E-state index contributed by atoms with van der Waals surface area (Å²) in [5.41, 5.74) is 2.12. The lowest BCUT2D eigenvalue weighted by Crippen LogP contribution is -2.46. The first kappa shape index (κ1) is 14.8. The van der Waals surface area contributed by atoms with Crippen molar-refractivity contribution in [2.75, 3.05) is 26.3 Å². The molecule has 1 atom stereocenters. The van der Waals surface area contributed by atoms with E-state index in [2.05, 4.69) is 0 Å². The minimum Gasteiger partial charge on any atom is -0.493 e. The number of carboxylic acids is 1. The molecule has 2 aliphatic heterocycles. The highest BCUT2D eigenvalue weighted by Crippen LogP contribution is 2.26. The van der Waals surface area contributed by atoms with Crippen LogP contribution in [0.4, 0.5) is 0 Å². The molecule has 2 aliphatic rings. The van der Waals surface area contributed by atoms with Crippen molar-refractivity contribution in [3.05, 3.63) is 29.3 Å². The van der Waals surface area contributed by atoms with Crippen LogP contribution in [0.15, 0.2) is 18.2 Å². The van der Waals surface area contributed by atoms with Gasteiger partial charge in [0.25, 0.3) is 0 Å². The van der Waals surface area contributed by atoms with Crippen LogP contribution in [0.5, 0.6) is 5.75 Å². The van der Waals surface area contributed by atoms with E-state index in [1.165, 1.54) is 0 Å². The molecule has 1 aromatic carbocycles. The number of hydrogen-bond acceptors (Lipinski definition) is 4. The Hall–Kier alpha value is -2.08. The molecule has 1 saturated heterocycles. The molecule has 1 amide bonds. The summed E-state index contributed by atoms with van der Waals surface area (Å²) in [6.45, 7) is 1.96. The molecule has 3 rings (SSSR count). The summed E-state index contributed by atoms with van der Waals surface area (Å²) in [6, 6.07) is 5.85. The van der Waals surface area contributed by atoms with Crippen LogP contribution in [-0.4, -0.2) is 54.3 Å². The SMILES string of the molecule is O=C(O)CC1CN(C(=O)Cc2ccc3c(c2)CCO3)CCO1. The molecule has 118 valence electrons. The summed E-state index contributed by atoms with van der Waals surface area (Å²) < 4.78 is 10.8. The van der Waals surface area contributed by atoms with Gasteiger partial charge in [-0.1, -0.05) is 12.1 Å². The second kappa shape index (κ2) is 6.36. The number of benzene rings is 1. The number of carbonyl (C=O) groups excluding carboxylic acids is 1. The standard InChI is InChI=1S/C16H19NO5/c18-15(17-4-6-21-13(10-17)9-16(19)20)8-11-1-2-14-12(7-11)3-5-22-14/h1-2,7,13H,3-6,8-10H2,(H,19,20). The van der Waals surface area contributed by atoms with Crippen LogP contribution in [-0.2, 0) is 27.2 Å². The van der Waals surface area contributed by atoms with Gasteiger partial charge < -0.3 is 19.5 Å². The lowest BCUT2D eigenvalue weighted by atomic mass is 10.1. The van der Waals surface area contributed by atoms with Crippen LogP contribution in [0, 0.1) is 0 Å². The van der Waals surface area contributed by atoms with Gasteiger partial charge in [-0.3, -0.25) is 9.59 Å². The summed E-state index contributed by atoms with van der Waals surface area (Å²) in [6.07, 6.45) is 0.728. The van der Waals surface area contributed by atoms with Gasteiger partial charge in [-0.25, -0.2) is 0 Å². The van der Waals surface area contributed by atoms with Crippen molar-refractivity contribution in [3.8, 4) is 5.75 Å². The second-order valence-corrected chi connectivity index (χ2v) is 5.65. The maximum Gasteiger partial charge on any atom is 0.306 e. The number of ether oxygens (including phenoxy) is 2. The summed E-state index contributed by atoms with van der Waals surface area (Å²) in [4.78, 5) is 24.8. The molecule has 2 heterocycles. The molecule has 22 heavy (non-hydrogen) atoms. The average molecular weight is 305 g/mol. The van der Waals surface area contributed by atoms with Crippen molar-refractivity contribution in [2.45, 2.75) is 25.4 Å². The van der Waals surface area contributed by atoms with Gasteiger partial charge in [0.05, 0.1) is 32.2 Å². The van der Waals surface area contributed by atoms with Crippen LogP contribution in [0.2, 0.25) is 0 Å². The summed E-state index contributed by atoms with van der Waals surface area (Å²) in [5, 5.41) is 8.82. The Labute approximate surface area is 128 Å². The maximum atomic E-state index is 12.4. The number of hydrogen-bond donors (Lipinski definition) is 1. The number of rotatable bonds is 4. The molecule has 0 bridgehead atoms. The number of carboxylic acid groups (broad SMARTS) is 1. The van der Waals surface area contributed by atoms with Gasteiger partial charge in [0.2, 0.25) is 5.91 Å². The van der Waals surface area contributed by atoms with Crippen molar-refractivity contribution >= 4 is 11.9 Å². The number of fused-ring (bicyclic) bond motifs is 1. The highest BCUT2D eigenvalue weighted by atomic mass is 16.5. The third-order valence-corrected chi connectivity index (χ3v) is 4.00. The lowest BCUT2D eigenvalue weighted by Gasteiger charge is -2.32. The zero-order chi connectivity index (χ0) is 15.5. The number of morpholine rings is 1. The molecule has 0 aliphatic carbocycles. The zero-order valence-electron chi connectivity index (χ0n) is 12.3. The largest absolute Gasteiger partial charge is 0.493 e. The Morgan fingerprint density at radius 3 is 3.00 bits per heavy atom. The van der Waals surface area contributed by atoms with Crippen molar-refractivity contribution in [2.24, 2.45) is 0 Å². The van der Waals surface area contributed by atoms with Crippen LogP contribution in [0.25, 0.3) is 0 Å². The van der Waals surface area contributed by atoms with Gasteiger partial charge in [0, 0.05) is 19.5 Å². The Morgan fingerprint density at radius 1 is 1.32 bits per heavy atom. The molecule has 1 unspecified atom stereocenters. The Kier molecular flexibility index (Phi) is 4.29. The average Bonchev–Trinajstić information content (AvgIpc) is 2.94. The Balaban J connectivity index is 1.60. The van der Waals surface area contributed by atoms with Crippen molar-refractivity contribution < 1.29 is 24.2 Å². The molecule has 1 N–H and O–H groups in total. The maximum absolute atomic E-state index is 12.4. The predicted octanol–water partition coefficient (Wildman–Crippen LogP) is 0.866. The first-order chi connectivity index (χ1) is 10.6. The molecule has 0 spiro atoms. The Bertz CT molecular complexity index is 586. The van der Waals surface area contributed by atoms with Crippen molar-refractivity contribution in [1.82, 2.24) is 4.90 Å². The first-order valence-corrected chi connectivity index (χ1v) is 7.47. The third-order valence-electron chi connectivity index (χ3n) is 4.00. The predicted molar refractivity (Wildman–Crippen MR) is 77.9 cm³/mol. The minimum absolute atomic E-state index is 0.0116. The van der Waals surface area contributed by atoms with E-state index in [9.17, 15) is 9.59 Å². The van der Waals surface area contributed by atoms with Crippen LogP contribution >= 0.6 is 0 Å². The number of amides is 1. The molecule has 6 nitrogen and oxygen atoms in total. The molecule has 0 radical (unpaired) electrons. The van der Waals surface area contributed by atoms with E-state index >= 15 is 0 Å². The quantitative estimate of drug-likeness (QED) is 0.893. The zero-order valence-corrected chi connectivity index (χ0v) is 12.3. The lowest BCUT2D eigenvalue weighted by molar-refractivity contribution is -0.147. The highest BCUT2D eigenvalue weighted by Gasteiger charge is 2.26.